The van der Waals surface area contributed by atoms with E-state index in [4.69, 9.17) is 0 Å². The average molecular weight is 385 g/mol. The first kappa shape index (κ1) is 19.6. The van der Waals surface area contributed by atoms with E-state index in [1.54, 1.807) is 23.2 Å². The van der Waals surface area contributed by atoms with Crippen LogP contribution in [-0.2, 0) is 16.0 Å². The molecule has 0 saturated heterocycles. The van der Waals surface area contributed by atoms with Crippen molar-refractivity contribution >= 4 is 23.2 Å². The summed E-state index contributed by atoms with van der Waals surface area (Å²) in [4.78, 5) is 30.4. The molecule has 0 fully saturated rings. The van der Waals surface area contributed by atoms with Crippen LogP contribution in [0.15, 0.2) is 35.7 Å². The predicted molar refractivity (Wildman–Crippen MR) is 110 cm³/mol. The predicted octanol–water partition coefficient (Wildman–Crippen LogP) is 4.18. The van der Waals surface area contributed by atoms with Crippen molar-refractivity contribution in [3.63, 3.8) is 0 Å². The molecule has 0 bridgehead atoms. The maximum atomic E-state index is 13.3. The molecule has 144 valence electrons. The van der Waals surface area contributed by atoms with Gasteiger partial charge in [0.2, 0.25) is 11.8 Å². The number of thiophene rings is 1. The molecule has 0 radical (unpaired) electrons. The minimum atomic E-state index is -0.0700. The number of aryl methyl sites for hydroxylation is 1. The van der Waals surface area contributed by atoms with E-state index in [-0.39, 0.29) is 30.4 Å². The highest BCUT2D eigenvalue weighted by Gasteiger charge is 2.34. The second kappa shape index (κ2) is 8.26. The van der Waals surface area contributed by atoms with Crippen LogP contribution in [0.5, 0.6) is 0 Å². The van der Waals surface area contributed by atoms with Crippen molar-refractivity contribution in [1.82, 2.24) is 9.80 Å². The summed E-state index contributed by atoms with van der Waals surface area (Å²) in [6.07, 6.45) is 1.72. The first-order valence-corrected chi connectivity index (χ1v) is 10.5. The van der Waals surface area contributed by atoms with Crippen LogP contribution < -0.4 is 0 Å². The van der Waals surface area contributed by atoms with Crippen LogP contribution in [0.4, 0.5) is 0 Å². The molecular formula is C22H28N2O2S. The average Bonchev–Trinajstić information content (AvgIpc) is 3.13. The van der Waals surface area contributed by atoms with Crippen LogP contribution in [-0.4, -0.2) is 40.7 Å². The third-order valence-corrected chi connectivity index (χ3v) is 6.60. The normalized spacial score (nSPS) is 17.3. The first-order valence-electron chi connectivity index (χ1n) is 9.62. The maximum absolute atomic E-state index is 13.3. The van der Waals surface area contributed by atoms with E-state index in [0.29, 0.717) is 6.54 Å². The zero-order valence-electron chi connectivity index (χ0n) is 16.6. The Bertz CT molecular complexity index is 829. The fourth-order valence-corrected chi connectivity index (χ4v) is 4.75. The van der Waals surface area contributed by atoms with Gasteiger partial charge in [0.1, 0.15) is 6.54 Å². The number of rotatable bonds is 5. The number of carbonyl (C=O) groups excluding carboxylic acids is 2. The molecule has 0 aliphatic carbocycles. The Morgan fingerprint density at radius 1 is 1.26 bits per heavy atom. The zero-order valence-corrected chi connectivity index (χ0v) is 17.4. The lowest BCUT2D eigenvalue weighted by Gasteiger charge is -2.38. The van der Waals surface area contributed by atoms with Gasteiger partial charge in [-0.05, 0) is 54.8 Å². The molecule has 2 aromatic rings. The fourth-order valence-electron chi connectivity index (χ4n) is 3.85. The molecule has 27 heavy (non-hydrogen) atoms. The first-order chi connectivity index (χ1) is 12.9. The Hall–Kier alpha value is -2.14. The summed E-state index contributed by atoms with van der Waals surface area (Å²) in [5.74, 6) is -0.0195. The number of fused-ring (bicyclic) bond motifs is 1. The van der Waals surface area contributed by atoms with E-state index < -0.39 is 0 Å². The standard InChI is InChI=1S/C22H28N2O2S/c1-5-16(3)24(17(4)25)14-21(26)23-12-10-20-19(11-13-27-20)22(23)18-9-7-6-8-15(18)2/h6-9,11,13,16,22H,5,10,12,14H2,1-4H3/t16-,22-/m0/s1. The van der Waals surface area contributed by atoms with Gasteiger partial charge in [-0.2, -0.15) is 0 Å². The van der Waals surface area contributed by atoms with E-state index in [0.717, 1.165) is 12.8 Å². The van der Waals surface area contributed by atoms with Gasteiger partial charge in [0, 0.05) is 24.4 Å². The Kier molecular flexibility index (Phi) is 6.00. The molecule has 0 spiro atoms. The zero-order chi connectivity index (χ0) is 19.6. The summed E-state index contributed by atoms with van der Waals surface area (Å²) >= 11 is 1.77. The molecule has 5 heteroatoms. The van der Waals surface area contributed by atoms with Gasteiger partial charge in [-0.1, -0.05) is 31.2 Å². The Morgan fingerprint density at radius 2 is 2.00 bits per heavy atom. The summed E-state index contributed by atoms with van der Waals surface area (Å²) in [5, 5.41) is 2.12. The van der Waals surface area contributed by atoms with Crippen molar-refractivity contribution in [3.05, 3.63) is 57.3 Å². The van der Waals surface area contributed by atoms with Crippen molar-refractivity contribution in [3.8, 4) is 0 Å². The van der Waals surface area contributed by atoms with Gasteiger partial charge in [-0.3, -0.25) is 9.59 Å². The molecule has 2 atom stereocenters. The van der Waals surface area contributed by atoms with Gasteiger partial charge in [0.15, 0.2) is 0 Å². The number of benzene rings is 1. The second-order valence-corrected chi connectivity index (χ2v) is 8.30. The van der Waals surface area contributed by atoms with Gasteiger partial charge in [0.25, 0.3) is 0 Å². The van der Waals surface area contributed by atoms with E-state index >= 15 is 0 Å². The van der Waals surface area contributed by atoms with Crippen molar-refractivity contribution in [2.75, 3.05) is 13.1 Å². The molecule has 0 N–H and O–H groups in total. The highest BCUT2D eigenvalue weighted by Crippen LogP contribution is 2.39. The summed E-state index contributed by atoms with van der Waals surface area (Å²) < 4.78 is 0. The molecule has 2 amide bonds. The Labute approximate surface area is 165 Å². The molecule has 2 heterocycles. The monoisotopic (exact) mass is 384 g/mol. The van der Waals surface area contributed by atoms with Crippen LogP contribution in [0, 0.1) is 6.92 Å². The second-order valence-electron chi connectivity index (χ2n) is 7.30. The van der Waals surface area contributed by atoms with E-state index in [1.165, 1.54) is 21.6 Å². The summed E-state index contributed by atoms with van der Waals surface area (Å²) in [6.45, 7) is 8.52. The molecule has 1 aromatic heterocycles. The Morgan fingerprint density at radius 3 is 2.67 bits per heavy atom. The van der Waals surface area contributed by atoms with E-state index in [2.05, 4.69) is 30.5 Å². The highest BCUT2D eigenvalue weighted by atomic mass is 32.1. The molecule has 1 aliphatic rings. The number of nitrogens with zero attached hydrogens (tertiary/aromatic N) is 2. The number of hydrogen-bond acceptors (Lipinski definition) is 3. The van der Waals surface area contributed by atoms with Gasteiger partial charge in [0.05, 0.1) is 6.04 Å². The largest absolute Gasteiger partial charge is 0.331 e. The fraction of sp³-hybridized carbons (Fsp3) is 0.455. The van der Waals surface area contributed by atoms with Crippen LogP contribution >= 0.6 is 11.3 Å². The van der Waals surface area contributed by atoms with Gasteiger partial charge in [-0.25, -0.2) is 0 Å². The van der Waals surface area contributed by atoms with Crippen LogP contribution in [0.3, 0.4) is 0 Å². The van der Waals surface area contributed by atoms with Gasteiger partial charge < -0.3 is 9.80 Å². The molecule has 0 unspecified atom stereocenters. The number of carbonyl (C=O) groups is 2. The molecule has 0 saturated carbocycles. The molecule has 3 rings (SSSR count). The molecule has 1 aliphatic heterocycles. The summed E-state index contributed by atoms with van der Waals surface area (Å²) in [6, 6.07) is 10.4. The van der Waals surface area contributed by atoms with Gasteiger partial charge in [-0.15, -0.1) is 11.3 Å². The maximum Gasteiger partial charge on any atom is 0.243 e. The molecule has 1 aromatic carbocycles. The third-order valence-electron chi connectivity index (χ3n) is 5.60. The van der Waals surface area contributed by atoms with Crippen molar-refractivity contribution < 1.29 is 9.59 Å². The van der Waals surface area contributed by atoms with Crippen LogP contribution in [0.1, 0.15) is 54.8 Å². The lowest BCUT2D eigenvalue weighted by Crippen LogP contribution is -2.48. The molecule has 4 nitrogen and oxygen atoms in total. The van der Waals surface area contributed by atoms with Crippen molar-refractivity contribution in [2.24, 2.45) is 0 Å². The lowest BCUT2D eigenvalue weighted by molar-refractivity contribution is -0.142. The Balaban J connectivity index is 1.94. The lowest BCUT2D eigenvalue weighted by atomic mass is 9.90. The minimum Gasteiger partial charge on any atom is -0.331 e. The SMILES string of the molecule is CC[C@H](C)N(CC(=O)N1CCc2sccc2[C@@H]1c1ccccc1C)C(C)=O. The smallest absolute Gasteiger partial charge is 0.243 e. The third kappa shape index (κ3) is 3.93. The summed E-state index contributed by atoms with van der Waals surface area (Å²) in [5.41, 5.74) is 3.58. The van der Waals surface area contributed by atoms with E-state index in [9.17, 15) is 9.59 Å². The summed E-state index contributed by atoms with van der Waals surface area (Å²) in [7, 11) is 0. The quantitative estimate of drug-likeness (QED) is 0.776. The van der Waals surface area contributed by atoms with Crippen LogP contribution in [0.25, 0.3) is 0 Å². The number of hydrogen-bond donors (Lipinski definition) is 0. The van der Waals surface area contributed by atoms with Gasteiger partial charge >= 0.3 is 0 Å². The van der Waals surface area contributed by atoms with E-state index in [1.807, 2.05) is 30.9 Å². The molecular weight excluding hydrogens is 356 g/mol. The number of amides is 2. The van der Waals surface area contributed by atoms with Crippen LogP contribution in [0.2, 0.25) is 0 Å². The minimum absolute atomic E-state index is 0.0237. The topological polar surface area (TPSA) is 40.6 Å². The van der Waals surface area contributed by atoms with Crippen molar-refractivity contribution in [2.45, 2.75) is 52.6 Å². The highest BCUT2D eigenvalue weighted by molar-refractivity contribution is 7.10. The van der Waals surface area contributed by atoms with Crippen molar-refractivity contribution in [1.29, 1.82) is 0 Å².